The number of allylic oxidation sites excluding steroid dienone is 1. The van der Waals surface area contributed by atoms with Crippen LogP contribution in [-0.2, 0) is 14.4 Å². The molecular formula is C19H24O4. The fraction of sp³-hybridized carbons (Fsp3) is 0.737. The molecule has 0 aromatic heterocycles. The first kappa shape index (κ1) is 15.3. The molecule has 4 aliphatic rings. The van der Waals surface area contributed by atoms with Crippen molar-refractivity contribution >= 4 is 17.3 Å². The number of hydrogen-bond donors (Lipinski definition) is 1. The van der Waals surface area contributed by atoms with Crippen molar-refractivity contribution in [2.24, 2.45) is 22.7 Å². The third-order valence-electron chi connectivity index (χ3n) is 7.70. The molecule has 4 rings (SSSR count). The SMILES string of the molecule is C[C@]12CCC(=O)C=C1CC[C@@H]1[C@@H]2CC[C@]2(C)C(=O)C(=O)C[C@@]12O. The first-order valence-corrected chi connectivity index (χ1v) is 8.76. The number of rotatable bonds is 0. The van der Waals surface area contributed by atoms with Crippen molar-refractivity contribution < 1.29 is 19.5 Å². The normalized spacial score (nSPS) is 49.3. The van der Waals surface area contributed by atoms with Crippen LogP contribution < -0.4 is 0 Å². The van der Waals surface area contributed by atoms with Crippen molar-refractivity contribution in [3.05, 3.63) is 11.6 Å². The molecule has 4 nitrogen and oxygen atoms in total. The van der Waals surface area contributed by atoms with Gasteiger partial charge in [0.2, 0.25) is 11.6 Å². The van der Waals surface area contributed by atoms with Gasteiger partial charge in [-0.2, -0.15) is 0 Å². The van der Waals surface area contributed by atoms with E-state index < -0.39 is 16.8 Å². The van der Waals surface area contributed by atoms with Gasteiger partial charge in [0.05, 0.1) is 11.0 Å². The molecule has 0 unspecified atom stereocenters. The first-order chi connectivity index (χ1) is 10.7. The molecule has 0 saturated heterocycles. The van der Waals surface area contributed by atoms with E-state index in [0.29, 0.717) is 12.8 Å². The first-order valence-electron chi connectivity index (χ1n) is 8.76. The average molecular weight is 316 g/mol. The fourth-order valence-electron chi connectivity index (χ4n) is 6.14. The van der Waals surface area contributed by atoms with Gasteiger partial charge < -0.3 is 5.11 Å². The Morgan fingerprint density at radius 1 is 1.04 bits per heavy atom. The van der Waals surface area contributed by atoms with Gasteiger partial charge in [-0.1, -0.05) is 12.5 Å². The summed E-state index contributed by atoms with van der Waals surface area (Å²) in [4.78, 5) is 36.2. The van der Waals surface area contributed by atoms with Crippen LogP contribution in [0, 0.1) is 22.7 Å². The second-order valence-electron chi connectivity index (χ2n) is 8.53. The number of carbonyl (C=O) groups is 3. The zero-order chi connectivity index (χ0) is 16.6. The van der Waals surface area contributed by atoms with Gasteiger partial charge in [-0.3, -0.25) is 14.4 Å². The van der Waals surface area contributed by atoms with Crippen LogP contribution in [0.5, 0.6) is 0 Å². The number of Topliss-reactive ketones (excluding diaryl/α,β-unsaturated/α-hetero) is 2. The van der Waals surface area contributed by atoms with Crippen LogP contribution in [0.4, 0.5) is 0 Å². The summed E-state index contributed by atoms with van der Waals surface area (Å²) in [5.74, 6) is -0.328. The third-order valence-corrected chi connectivity index (χ3v) is 7.70. The molecule has 0 spiro atoms. The Labute approximate surface area is 136 Å². The maximum absolute atomic E-state index is 12.4. The zero-order valence-corrected chi connectivity index (χ0v) is 13.9. The molecule has 0 radical (unpaired) electrons. The topological polar surface area (TPSA) is 71.4 Å². The molecule has 3 saturated carbocycles. The second-order valence-corrected chi connectivity index (χ2v) is 8.53. The number of aliphatic hydroxyl groups is 1. The largest absolute Gasteiger partial charge is 0.388 e. The smallest absolute Gasteiger partial charge is 0.207 e. The van der Waals surface area contributed by atoms with Crippen molar-refractivity contribution in [1.82, 2.24) is 0 Å². The minimum atomic E-state index is -1.19. The lowest BCUT2D eigenvalue weighted by atomic mass is 9.46. The molecule has 0 heterocycles. The fourth-order valence-corrected chi connectivity index (χ4v) is 6.14. The third kappa shape index (κ3) is 1.68. The van der Waals surface area contributed by atoms with Gasteiger partial charge in [0.15, 0.2) is 5.78 Å². The molecule has 0 aromatic carbocycles. The maximum Gasteiger partial charge on any atom is 0.207 e. The lowest BCUT2D eigenvalue weighted by molar-refractivity contribution is -0.178. The van der Waals surface area contributed by atoms with Crippen molar-refractivity contribution in [3.8, 4) is 0 Å². The molecule has 0 amide bonds. The average Bonchev–Trinajstić information content (AvgIpc) is 2.68. The standard InChI is InChI=1S/C19H24O4/c1-17-7-5-12(20)9-11(17)3-4-14-13(17)6-8-18(2)16(22)15(21)10-19(14,18)23/h9,13-14,23H,3-8,10H2,1-2H3/t13-,14+,17-,18+,19+/m0/s1. The van der Waals surface area contributed by atoms with E-state index in [1.54, 1.807) is 6.92 Å². The van der Waals surface area contributed by atoms with E-state index in [9.17, 15) is 19.5 Å². The van der Waals surface area contributed by atoms with Gasteiger partial charge in [0.1, 0.15) is 0 Å². The quantitative estimate of drug-likeness (QED) is 0.697. The van der Waals surface area contributed by atoms with Crippen molar-refractivity contribution in [1.29, 1.82) is 0 Å². The van der Waals surface area contributed by atoms with Gasteiger partial charge in [0.25, 0.3) is 0 Å². The summed E-state index contributed by atoms with van der Waals surface area (Å²) in [6, 6.07) is 0. The Morgan fingerprint density at radius 3 is 2.52 bits per heavy atom. The molecule has 3 fully saturated rings. The molecule has 23 heavy (non-hydrogen) atoms. The van der Waals surface area contributed by atoms with E-state index in [1.807, 2.05) is 6.08 Å². The van der Waals surface area contributed by atoms with Crippen LogP contribution in [0.15, 0.2) is 11.6 Å². The predicted molar refractivity (Wildman–Crippen MR) is 83.6 cm³/mol. The van der Waals surface area contributed by atoms with E-state index in [0.717, 1.165) is 25.7 Å². The summed E-state index contributed by atoms with van der Waals surface area (Å²) in [7, 11) is 0. The number of ketones is 3. The highest BCUT2D eigenvalue weighted by Crippen LogP contribution is 2.65. The van der Waals surface area contributed by atoms with E-state index in [2.05, 4.69) is 6.92 Å². The molecular weight excluding hydrogens is 292 g/mol. The Kier molecular flexibility index (Phi) is 2.92. The van der Waals surface area contributed by atoms with E-state index in [1.165, 1.54) is 5.57 Å². The van der Waals surface area contributed by atoms with E-state index >= 15 is 0 Å². The molecule has 0 aliphatic heterocycles. The van der Waals surface area contributed by atoms with Crippen molar-refractivity contribution in [2.75, 3.05) is 0 Å². The van der Waals surface area contributed by atoms with E-state index in [4.69, 9.17) is 0 Å². The van der Waals surface area contributed by atoms with Crippen LogP contribution in [0.3, 0.4) is 0 Å². The molecule has 124 valence electrons. The highest BCUT2D eigenvalue weighted by Gasteiger charge is 2.69. The predicted octanol–water partition coefficient (Wildman–Crippen LogP) is 2.38. The molecule has 4 heteroatoms. The summed E-state index contributed by atoms with van der Waals surface area (Å²) in [5.41, 5.74) is -0.950. The minimum Gasteiger partial charge on any atom is -0.388 e. The zero-order valence-electron chi connectivity index (χ0n) is 13.9. The molecule has 4 aliphatic carbocycles. The van der Waals surface area contributed by atoms with Crippen LogP contribution >= 0.6 is 0 Å². The Balaban J connectivity index is 1.78. The van der Waals surface area contributed by atoms with Crippen LogP contribution in [0.2, 0.25) is 0 Å². The summed E-state index contributed by atoms with van der Waals surface area (Å²) in [5, 5.41) is 11.4. The van der Waals surface area contributed by atoms with Crippen molar-refractivity contribution in [2.45, 2.75) is 64.4 Å². The van der Waals surface area contributed by atoms with Gasteiger partial charge in [-0.15, -0.1) is 0 Å². The monoisotopic (exact) mass is 316 g/mol. The second kappa shape index (κ2) is 4.41. The molecule has 0 bridgehead atoms. The Bertz CT molecular complexity index is 662. The van der Waals surface area contributed by atoms with Crippen LogP contribution in [0.1, 0.15) is 58.8 Å². The van der Waals surface area contributed by atoms with Crippen LogP contribution in [-0.4, -0.2) is 28.1 Å². The lowest BCUT2D eigenvalue weighted by Gasteiger charge is -2.59. The Morgan fingerprint density at radius 2 is 1.78 bits per heavy atom. The molecule has 0 aromatic rings. The number of fused-ring (bicyclic) bond motifs is 5. The van der Waals surface area contributed by atoms with Gasteiger partial charge in [-0.05, 0) is 62.4 Å². The van der Waals surface area contributed by atoms with Gasteiger partial charge in [0, 0.05) is 12.8 Å². The summed E-state index contributed by atoms with van der Waals surface area (Å²) in [6.45, 7) is 4.00. The summed E-state index contributed by atoms with van der Waals surface area (Å²) in [6.07, 6.45) is 6.19. The highest BCUT2D eigenvalue weighted by molar-refractivity contribution is 6.42. The van der Waals surface area contributed by atoms with Crippen LogP contribution in [0.25, 0.3) is 0 Å². The number of hydrogen-bond acceptors (Lipinski definition) is 4. The summed E-state index contributed by atoms with van der Waals surface area (Å²) >= 11 is 0. The molecule has 1 N–H and O–H groups in total. The number of carbonyl (C=O) groups excluding carboxylic acids is 3. The van der Waals surface area contributed by atoms with E-state index in [-0.39, 0.29) is 35.2 Å². The Hall–Kier alpha value is -1.29. The van der Waals surface area contributed by atoms with Crippen molar-refractivity contribution in [3.63, 3.8) is 0 Å². The van der Waals surface area contributed by atoms with Gasteiger partial charge in [-0.25, -0.2) is 0 Å². The van der Waals surface area contributed by atoms with Gasteiger partial charge >= 0.3 is 0 Å². The highest BCUT2D eigenvalue weighted by atomic mass is 16.3. The minimum absolute atomic E-state index is 0.0163. The lowest BCUT2D eigenvalue weighted by Crippen LogP contribution is -2.60. The maximum atomic E-state index is 12.4. The molecule has 5 atom stereocenters. The summed E-state index contributed by atoms with van der Waals surface area (Å²) < 4.78 is 0.